The second-order valence-electron chi connectivity index (χ2n) is 4.82. The molecule has 1 unspecified atom stereocenters. The van der Waals surface area contributed by atoms with Gasteiger partial charge in [0.25, 0.3) is 0 Å². The van der Waals surface area contributed by atoms with E-state index in [9.17, 15) is 14.3 Å². The molecule has 0 saturated heterocycles. The number of hydrogen-bond donors (Lipinski definition) is 1. The Morgan fingerprint density at radius 1 is 1.10 bits per heavy atom. The lowest BCUT2D eigenvalue weighted by Crippen LogP contribution is -2.19. The lowest BCUT2D eigenvalue weighted by atomic mass is 9.92. The van der Waals surface area contributed by atoms with Crippen LogP contribution in [0.4, 0.5) is 4.39 Å². The zero-order valence-corrected chi connectivity index (χ0v) is 12.5. The summed E-state index contributed by atoms with van der Waals surface area (Å²) in [7, 11) is 0. The third kappa shape index (κ3) is 4.45. The fraction of sp³-hybridized carbons (Fsp3) is 0.188. The Morgan fingerprint density at radius 3 is 2.33 bits per heavy atom. The Kier molecular flexibility index (Phi) is 5.21. The van der Waals surface area contributed by atoms with E-state index in [-0.39, 0.29) is 11.4 Å². The van der Waals surface area contributed by atoms with Gasteiger partial charge in [-0.2, -0.15) is 0 Å². The number of carboxylic acids is 1. The maximum absolute atomic E-state index is 13.4. The first-order chi connectivity index (χ1) is 9.95. The van der Waals surface area contributed by atoms with Crippen molar-refractivity contribution in [3.8, 4) is 0 Å². The SMILES string of the molecule is O=C(O)C(Cc1cccc(Cl)c1)Cc1ccc(Cl)c(F)c1. The van der Waals surface area contributed by atoms with E-state index in [1.54, 1.807) is 24.3 Å². The van der Waals surface area contributed by atoms with Gasteiger partial charge in [0.2, 0.25) is 0 Å². The smallest absolute Gasteiger partial charge is 0.307 e. The maximum atomic E-state index is 13.4. The summed E-state index contributed by atoms with van der Waals surface area (Å²) in [4.78, 5) is 11.4. The van der Waals surface area contributed by atoms with E-state index >= 15 is 0 Å². The third-order valence-electron chi connectivity index (χ3n) is 3.19. The molecule has 0 aromatic heterocycles. The van der Waals surface area contributed by atoms with Crippen molar-refractivity contribution in [2.75, 3.05) is 0 Å². The summed E-state index contributed by atoms with van der Waals surface area (Å²) in [6.07, 6.45) is 0.566. The molecule has 0 fully saturated rings. The molecule has 0 aliphatic heterocycles. The third-order valence-corrected chi connectivity index (χ3v) is 3.73. The van der Waals surface area contributed by atoms with Crippen LogP contribution in [0.1, 0.15) is 11.1 Å². The number of halogens is 3. The molecule has 2 rings (SSSR count). The van der Waals surface area contributed by atoms with Crippen LogP contribution in [0.15, 0.2) is 42.5 Å². The molecule has 0 amide bonds. The number of rotatable bonds is 5. The van der Waals surface area contributed by atoms with Crippen LogP contribution in [0.2, 0.25) is 10.0 Å². The second-order valence-corrected chi connectivity index (χ2v) is 5.67. The molecular weight excluding hydrogens is 314 g/mol. The summed E-state index contributed by atoms with van der Waals surface area (Å²) in [5.41, 5.74) is 1.44. The Bertz CT molecular complexity index is 658. The Labute approximate surface area is 132 Å². The summed E-state index contributed by atoms with van der Waals surface area (Å²) < 4.78 is 13.4. The molecule has 0 heterocycles. The number of aliphatic carboxylic acids is 1. The predicted octanol–water partition coefficient (Wildman–Crippen LogP) is 4.62. The summed E-state index contributed by atoms with van der Waals surface area (Å²) in [5, 5.41) is 9.93. The van der Waals surface area contributed by atoms with E-state index in [2.05, 4.69) is 0 Å². The van der Waals surface area contributed by atoms with Crippen molar-refractivity contribution in [2.24, 2.45) is 5.92 Å². The molecule has 0 aliphatic rings. The summed E-state index contributed by atoms with van der Waals surface area (Å²) >= 11 is 11.5. The standard InChI is InChI=1S/C16H13Cl2FO2/c17-13-3-1-2-10(8-13)6-12(16(20)21)7-11-4-5-14(18)15(19)9-11/h1-5,8-9,12H,6-7H2,(H,20,21). The average molecular weight is 327 g/mol. The van der Waals surface area contributed by atoms with Crippen LogP contribution in [0.5, 0.6) is 0 Å². The first kappa shape index (κ1) is 15.8. The summed E-state index contributed by atoms with van der Waals surface area (Å²) in [6, 6.07) is 11.4. The van der Waals surface area contributed by atoms with Crippen LogP contribution in [0.25, 0.3) is 0 Å². The van der Waals surface area contributed by atoms with Gasteiger partial charge in [-0.15, -0.1) is 0 Å². The lowest BCUT2D eigenvalue weighted by molar-refractivity contribution is -0.141. The fourth-order valence-electron chi connectivity index (χ4n) is 2.15. The van der Waals surface area contributed by atoms with Crippen molar-refractivity contribution in [1.29, 1.82) is 0 Å². The van der Waals surface area contributed by atoms with Gasteiger partial charge in [0.15, 0.2) is 0 Å². The summed E-state index contributed by atoms with van der Waals surface area (Å²) in [5.74, 6) is -2.12. The molecule has 0 aliphatic carbocycles. The molecule has 1 N–H and O–H groups in total. The van der Waals surface area contributed by atoms with E-state index in [0.29, 0.717) is 17.0 Å². The van der Waals surface area contributed by atoms with E-state index in [1.807, 2.05) is 6.07 Å². The number of carboxylic acid groups (broad SMARTS) is 1. The van der Waals surface area contributed by atoms with Gasteiger partial charge in [0, 0.05) is 5.02 Å². The topological polar surface area (TPSA) is 37.3 Å². The van der Waals surface area contributed by atoms with E-state index in [4.69, 9.17) is 23.2 Å². The normalized spacial score (nSPS) is 12.1. The number of carbonyl (C=O) groups is 1. The Morgan fingerprint density at radius 2 is 1.76 bits per heavy atom. The lowest BCUT2D eigenvalue weighted by Gasteiger charge is -2.13. The van der Waals surface area contributed by atoms with Crippen molar-refractivity contribution in [3.05, 3.63) is 69.5 Å². The van der Waals surface area contributed by atoms with Crippen LogP contribution < -0.4 is 0 Å². The molecule has 0 spiro atoms. The van der Waals surface area contributed by atoms with Gasteiger partial charge in [-0.1, -0.05) is 41.4 Å². The van der Waals surface area contributed by atoms with Crippen molar-refractivity contribution >= 4 is 29.2 Å². The summed E-state index contributed by atoms with van der Waals surface area (Å²) in [6.45, 7) is 0. The van der Waals surface area contributed by atoms with Gasteiger partial charge in [0.05, 0.1) is 10.9 Å². The monoisotopic (exact) mass is 326 g/mol. The quantitative estimate of drug-likeness (QED) is 0.870. The zero-order chi connectivity index (χ0) is 15.4. The highest BCUT2D eigenvalue weighted by Gasteiger charge is 2.19. The molecule has 0 saturated carbocycles. The molecule has 110 valence electrons. The first-order valence-electron chi connectivity index (χ1n) is 6.37. The highest BCUT2D eigenvalue weighted by Crippen LogP contribution is 2.21. The van der Waals surface area contributed by atoms with Gasteiger partial charge in [-0.25, -0.2) is 4.39 Å². The minimum Gasteiger partial charge on any atom is -0.481 e. The van der Waals surface area contributed by atoms with Crippen molar-refractivity contribution in [2.45, 2.75) is 12.8 Å². The molecule has 0 radical (unpaired) electrons. The molecule has 5 heteroatoms. The van der Waals surface area contributed by atoms with Gasteiger partial charge in [0.1, 0.15) is 5.82 Å². The highest BCUT2D eigenvalue weighted by molar-refractivity contribution is 6.30. The van der Waals surface area contributed by atoms with Crippen molar-refractivity contribution in [3.63, 3.8) is 0 Å². The second kappa shape index (κ2) is 6.92. The van der Waals surface area contributed by atoms with Crippen molar-refractivity contribution in [1.82, 2.24) is 0 Å². The van der Waals surface area contributed by atoms with Gasteiger partial charge < -0.3 is 5.11 Å². The van der Waals surface area contributed by atoms with Crippen LogP contribution in [0, 0.1) is 11.7 Å². The minimum absolute atomic E-state index is 0.0282. The molecule has 0 bridgehead atoms. The molecule has 2 aromatic rings. The Balaban J connectivity index is 2.15. The molecular formula is C16H13Cl2FO2. The molecule has 21 heavy (non-hydrogen) atoms. The van der Waals surface area contributed by atoms with Crippen LogP contribution in [0.3, 0.4) is 0 Å². The van der Waals surface area contributed by atoms with Crippen LogP contribution in [-0.2, 0) is 17.6 Å². The highest BCUT2D eigenvalue weighted by atomic mass is 35.5. The minimum atomic E-state index is -0.926. The van der Waals surface area contributed by atoms with E-state index < -0.39 is 17.7 Å². The molecule has 2 aromatic carbocycles. The van der Waals surface area contributed by atoms with E-state index in [1.165, 1.54) is 12.1 Å². The zero-order valence-electron chi connectivity index (χ0n) is 11.0. The first-order valence-corrected chi connectivity index (χ1v) is 7.12. The van der Waals surface area contributed by atoms with Crippen LogP contribution >= 0.6 is 23.2 Å². The van der Waals surface area contributed by atoms with Gasteiger partial charge in [-0.3, -0.25) is 4.79 Å². The van der Waals surface area contributed by atoms with Crippen molar-refractivity contribution < 1.29 is 14.3 Å². The molecule has 1 atom stereocenters. The number of hydrogen-bond acceptors (Lipinski definition) is 1. The largest absolute Gasteiger partial charge is 0.481 e. The van der Waals surface area contributed by atoms with E-state index in [0.717, 1.165) is 5.56 Å². The molecule has 2 nitrogen and oxygen atoms in total. The maximum Gasteiger partial charge on any atom is 0.307 e. The fourth-order valence-corrected chi connectivity index (χ4v) is 2.48. The predicted molar refractivity (Wildman–Crippen MR) is 81.4 cm³/mol. The Hall–Kier alpha value is -1.58. The van der Waals surface area contributed by atoms with Gasteiger partial charge >= 0.3 is 5.97 Å². The van der Waals surface area contributed by atoms with Crippen LogP contribution in [-0.4, -0.2) is 11.1 Å². The van der Waals surface area contributed by atoms with Gasteiger partial charge in [-0.05, 0) is 48.2 Å². The number of benzene rings is 2. The average Bonchev–Trinajstić information content (AvgIpc) is 2.42.